The van der Waals surface area contributed by atoms with E-state index in [9.17, 15) is 14.7 Å². The Morgan fingerprint density at radius 3 is 2.70 bits per heavy atom. The molecule has 1 unspecified atom stereocenters. The van der Waals surface area contributed by atoms with Crippen LogP contribution in [0, 0.1) is 6.92 Å². The summed E-state index contributed by atoms with van der Waals surface area (Å²) in [7, 11) is 0. The normalized spacial score (nSPS) is 11.7. The van der Waals surface area contributed by atoms with Crippen LogP contribution < -0.4 is 10.6 Å². The third-order valence-corrected chi connectivity index (χ3v) is 2.74. The molecule has 0 aromatic heterocycles. The lowest BCUT2D eigenvalue weighted by atomic mass is 10.0. The molecule has 0 spiro atoms. The largest absolute Gasteiger partial charge is 0.481 e. The SMILES string of the molecule is Cc1cccc(CC(CO)NC(=O)NCCC(=O)O)c1. The van der Waals surface area contributed by atoms with Crippen molar-refractivity contribution >= 4 is 12.0 Å². The van der Waals surface area contributed by atoms with E-state index in [0.29, 0.717) is 6.42 Å². The molecular formula is C14H20N2O4. The number of hydrogen-bond donors (Lipinski definition) is 4. The second kappa shape index (κ2) is 8.16. The van der Waals surface area contributed by atoms with Crippen LogP contribution in [0.1, 0.15) is 17.5 Å². The first-order valence-corrected chi connectivity index (χ1v) is 6.44. The lowest BCUT2D eigenvalue weighted by Crippen LogP contribution is -2.45. The minimum atomic E-state index is -0.969. The van der Waals surface area contributed by atoms with Crippen LogP contribution in [0.4, 0.5) is 4.79 Å². The summed E-state index contributed by atoms with van der Waals surface area (Å²) in [6.07, 6.45) is 0.389. The maximum absolute atomic E-state index is 11.5. The molecule has 1 rings (SSSR count). The van der Waals surface area contributed by atoms with E-state index in [2.05, 4.69) is 10.6 Å². The van der Waals surface area contributed by atoms with E-state index in [1.165, 1.54) is 0 Å². The highest BCUT2D eigenvalue weighted by molar-refractivity contribution is 5.75. The summed E-state index contributed by atoms with van der Waals surface area (Å²) < 4.78 is 0. The van der Waals surface area contributed by atoms with Crippen LogP contribution in [0.15, 0.2) is 24.3 Å². The summed E-state index contributed by atoms with van der Waals surface area (Å²) in [5, 5.41) is 22.8. The smallest absolute Gasteiger partial charge is 0.315 e. The number of urea groups is 1. The Bertz CT molecular complexity index is 462. The van der Waals surface area contributed by atoms with Crippen molar-refractivity contribution in [2.75, 3.05) is 13.2 Å². The Balaban J connectivity index is 2.42. The molecule has 0 saturated carbocycles. The summed E-state index contributed by atoms with van der Waals surface area (Å²) in [6.45, 7) is 1.85. The highest BCUT2D eigenvalue weighted by Crippen LogP contribution is 2.06. The number of nitrogens with one attached hydrogen (secondary N) is 2. The monoisotopic (exact) mass is 280 g/mol. The number of amides is 2. The summed E-state index contributed by atoms with van der Waals surface area (Å²) in [5.74, 6) is -0.969. The zero-order valence-corrected chi connectivity index (χ0v) is 11.4. The molecule has 4 N–H and O–H groups in total. The van der Waals surface area contributed by atoms with Gasteiger partial charge in [0.05, 0.1) is 19.1 Å². The van der Waals surface area contributed by atoms with Crippen molar-refractivity contribution in [2.24, 2.45) is 0 Å². The van der Waals surface area contributed by atoms with Crippen molar-refractivity contribution in [2.45, 2.75) is 25.8 Å². The summed E-state index contributed by atoms with van der Waals surface area (Å²) in [6, 6.07) is 6.95. The molecule has 0 aliphatic rings. The van der Waals surface area contributed by atoms with Gasteiger partial charge < -0.3 is 20.8 Å². The minimum Gasteiger partial charge on any atom is -0.481 e. The van der Waals surface area contributed by atoms with Crippen LogP contribution in [0.2, 0.25) is 0 Å². The first-order chi connectivity index (χ1) is 9.51. The van der Waals surface area contributed by atoms with Gasteiger partial charge in [0.15, 0.2) is 0 Å². The van der Waals surface area contributed by atoms with Crippen molar-refractivity contribution in [1.82, 2.24) is 10.6 Å². The molecule has 0 radical (unpaired) electrons. The van der Waals surface area contributed by atoms with Gasteiger partial charge >= 0.3 is 12.0 Å². The van der Waals surface area contributed by atoms with Crippen molar-refractivity contribution in [3.63, 3.8) is 0 Å². The predicted molar refractivity (Wildman–Crippen MR) is 74.5 cm³/mol. The number of benzene rings is 1. The van der Waals surface area contributed by atoms with E-state index < -0.39 is 18.0 Å². The standard InChI is InChI=1S/C14H20N2O4/c1-10-3-2-4-11(7-10)8-12(9-17)16-14(20)15-6-5-13(18)19/h2-4,7,12,17H,5-6,8-9H2,1H3,(H,18,19)(H2,15,16,20). The van der Waals surface area contributed by atoms with Gasteiger partial charge in [0, 0.05) is 6.54 Å². The molecular weight excluding hydrogens is 260 g/mol. The average molecular weight is 280 g/mol. The van der Waals surface area contributed by atoms with Crippen LogP contribution in [0.3, 0.4) is 0 Å². The number of aliphatic carboxylic acids is 1. The van der Waals surface area contributed by atoms with Crippen LogP contribution in [0.5, 0.6) is 0 Å². The number of aryl methyl sites for hydroxylation is 1. The maximum Gasteiger partial charge on any atom is 0.315 e. The molecule has 0 heterocycles. The number of aliphatic hydroxyl groups is 1. The lowest BCUT2D eigenvalue weighted by molar-refractivity contribution is -0.136. The molecule has 2 amide bonds. The van der Waals surface area contributed by atoms with E-state index >= 15 is 0 Å². The highest BCUT2D eigenvalue weighted by atomic mass is 16.4. The Labute approximate surface area is 117 Å². The second-order valence-corrected chi connectivity index (χ2v) is 4.62. The number of hydrogen-bond acceptors (Lipinski definition) is 3. The minimum absolute atomic E-state index is 0.0593. The van der Waals surface area contributed by atoms with E-state index in [-0.39, 0.29) is 19.6 Å². The Hall–Kier alpha value is -2.08. The van der Waals surface area contributed by atoms with E-state index in [0.717, 1.165) is 11.1 Å². The van der Waals surface area contributed by atoms with Crippen LogP contribution >= 0.6 is 0 Å². The second-order valence-electron chi connectivity index (χ2n) is 4.62. The summed E-state index contributed by atoms with van der Waals surface area (Å²) in [4.78, 5) is 21.8. The molecule has 0 saturated heterocycles. The molecule has 0 bridgehead atoms. The number of aliphatic hydroxyl groups excluding tert-OH is 1. The molecule has 0 aliphatic carbocycles. The fourth-order valence-corrected chi connectivity index (χ4v) is 1.80. The quantitative estimate of drug-likeness (QED) is 0.590. The molecule has 1 atom stereocenters. The predicted octanol–water partition coefficient (Wildman–Crippen LogP) is 0.672. The first kappa shape index (κ1) is 16.0. The zero-order chi connectivity index (χ0) is 15.0. The number of rotatable bonds is 7. The van der Waals surface area contributed by atoms with Gasteiger partial charge in [-0.3, -0.25) is 4.79 Å². The van der Waals surface area contributed by atoms with Crippen LogP contribution in [-0.4, -0.2) is 41.4 Å². The van der Waals surface area contributed by atoms with Gasteiger partial charge in [-0.25, -0.2) is 4.79 Å². The van der Waals surface area contributed by atoms with Crippen molar-refractivity contribution < 1.29 is 19.8 Å². The summed E-state index contributed by atoms with van der Waals surface area (Å²) >= 11 is 0. The number of carboxylic acid groups (broad SMARTS) is 1. The van der Waals surface area contributed by atoms with Crippen LogP contribution in [0.25, 0.3) is 0 Å². The van der Waals surface area contributed by atoms with Crippen molar-refractivity contribution in [1.29, 1.82) is 0 Å². The van der Waals surface area contributed by atoms with Gasteiger partial charge in [-0.1, -0.05) is 29.8 Å². The third-order valence-electron chi connectivity index (χ3n) is 2.74. The van der Waals surface area contributed by atoms with Crippen molar-refractivity contribution in [3.05, 3.63) is 35.4 Å². The van der Waals surface area contributed by atoms with Gasteiger partial charge in [-0.05, 0) is 18.9 Å². The molecule has 110 valence electrons. The molecule has 20 heavy (non-hydrogen) atoms. The number of carbonyl (C=O) groups is 2. The highest BCUT2D eigenvalue weighted by Gasteiger charge is 2.12. The average Bonchev–Trinajstić information content (AvgIpc) is 2.37. The Kier molecular flexibility index (Phi) is 6.52. The Morgan fingerprint density at radius 1 is 1.35 bits per heavy atom. The number of carboxylic acids is 1. The number of carbonyl (C=O) groups excluding carboxylic acids is 1. The van der Waals surface area contributed by atoms with Gasteiger partial charge in [0.1, 0.15) is 0 Å². The molecule has 0 fully saturated rings. The Morgan fingerprint density at radius 2 is 2.10 bits per heavy atom. The van der Waals surface area contributed by atoms with Gasteiger partial charge in [-0.15, -0.1) is 0 Å². The van der Waals surface area contributed by atoms with Gasteiger partial charge in [0.25, 0.3) is 0 Å². The molecule has 0 aliphatic heterocycles. The topological polar surface area (TPSA) is 98.7 Å². The van der Waals surface area contributed by atoms with Gasteiger partial charge in [0.2, 0.25) is 0 Å². The van der Waals surface area contributed by atoms with Crippen molar-refractivity contribution in [3.8, 4) is 0 Å². The fraction of sp³-hybridized carbons (Fsp3) is 0.429. The van der Waals surface area contributed by atoms with Gasteiger partial charge in [-0.2, -0.15) is 0 Å². The third kappa shape index (κ3) is 6.19. The molecule has 1 aromatic rings. The van der Waals surface area contributed by atoms with E-state index in [1.54, 1.807) is 0 Å². The molecule has 1 aromatic carbocycles. The fourth-order valence-electron chi connectivity index (χ4n) is 1.80. The lowest BCUT2D eigenvalue weighted by Gasteiger charge is -2.17. The molecule has 6 nitrogen and oxygen atoms in total. The summed E-state index contributed by atoms with van der Waals surface area (Å²) in [5.41, 5.74) is 2.14. The zero-order valence-electron chi connectivity index (χ0n) is 11.4. The van der Waals surface area contributed by atoms with Crippen LogP contribution in [-0.2, 0) is 11.2 Å². The maximum atomic E-state index is 11.5. The van der Waals surface area contributed by atoms with E-state index in [1.807, 2.05) is 31.2 Å². The molecule has 6 heteroatoms. The first-order valence-electron chi connectivity index (χ1n) is 6.44. The van der Waals surface area contributed by atoms with E-state index in [4.69, 9.17) is 5.11 Å².